The van der Waals surface area contributed by atoms with E-state index in [0.717, 1.165) is 13.1 Å². The van der Waals surface area contributed by atoms with E-state index in [4.69, 9.17) is 0 Å². The highest BCUT2D eigenvalue weighted by Gasteiger charge is 2.01. The van der Waals surface area contributed by atoms with E-state index in [0.29, 0.717) is 18.4 Å². The maximum Gasteiger partial charge on any atom is 0.161 e. The van der Waals surface area contributed by atoms with Gasteiger partial charge in [-0.15, -0.1) is 0 Å². The summed E-state index contributed by atoms with van der Waals surface area (Å²) in [7, 11) is 0. The van der Waals surface area contributed by atoms with Crippen LogP contribution in [-0.4, -0.2) is 25.7 Å². The van der Waals surface area contributed by atoms with E-state index < -0.39 is 0 Å². The topological polar surface area (TPSA) is 58.2 Å². The van der Waals surface area contributed by atoms with Gasteiger partial charge >= 0.3 is 0 Å². The first-order valence-electron chi connectivity index (χ1n) is 3.26. The molecule has 1 heterocycles. The minimum atomic E-state index is 0.0156. The van der Waals surface area contributed by atoms with Gasteiger partial charge in [0.2, 0.25) is 0 Å². The van der Waals surface area contributed by atoms with Crippen LogP contribution in [0.3, 0.4) is 0 Å². The third-order valence-electron chi connectivity index (χ3n) is 1.25. The van der Waals surface area contributed by atoms with E-state index in [1.807, 2.05) is 0 Å². The van der Waals surface area contributed by atoms with Gasteiger partial charge in [0.15, 0.2) is 12.6 Å². The number of nitrogens with one attached hydrogen (secondary N) is 2. The summed E-state index contributed by atoms with van der Waals surface area (Å²) in [5.41, 5.74) is 2.61. The van der Waals surface area contributed by atoms with Crippen LogP contribution in [-0.2, 0) is 9.59 Å². The lowest BCUT2D eigenvalue weighted by Gasteiger charge is -1.91. The van der Waals surface area contributed by atoms with E-state index in [9.17, 15) is 9.59 Å². The SMILES string of the molecule is O=CC(=C=C1NCCN1)C=O. The van der Waals surface area contributed by atoms with Gasteiger partial charge in [0.25, 0.3) is 0 Å². The van der Waals surface area contributed by atoms with Crippen LogP contribution in [0, 0.1) is 0 Å². The molecule has 0 atom stereocenters. The predicted molar refractivity (Wildman–Crippen MR) is 38.7 cm³/mol. The molecule has 1 saturated heterocycles. The summed E-state index contributed by atoms with van der Waals surface area (Å²) in [6, 6.07) is 0. The summed E-state index contributed by atoms with van der Waals surface area (Å²) >= 11 is 0. The molecule has 2 N–H and O–H groups in total. The second-order valence-corrected chi connectivity index (χ2v) is 2.04. The van der Waals surface area contributed by atoms with Crippen molar-refractivity contribution in [2.24, 2.45) is 0 Å². The van der Waals surface area contributed by atoms with Crippen molar-refractivity contribution in [3.8, 4) is 0 Å². The molecular weight excluding hydrogens is 144 g/mol. The van der Waals surface area contributed by atoms with Crippen molar-refractivity contribution in [2.45, 2.75) is 0 Å². The molecule has 0 amide bonds. The minimum absolute atomic E-state index is 0.0156. The number of aldehydes is 2. The zero-order valence-electron chi connectivity index (χ0n) is 5.89. The van der Waals surface area contributed by atoms with Gasteiger partial charge in [-0.2, -0.15) is 0 Å². The zero-order valence-corrected chi connectivity index (χ0v) is 5.89. The Morgan fingerprint density at radius 1 is 1.27 bits per heavy atom. The van der Waals surface area contributed by atoms with Gasteiger partial charge in [-0.05, 0) is 0 Å². The van der Waals surface area contributed by atoms with Crippen molar-refractivity contribution in [1.82, 2.24) is 10.6 Å². The Hall–Kier alpha value is -1.54. The number of hydrogen-bond donors (Lipinski definition) is 2. The van der Waals surface area contributed by atoms with Gasteiger partial charge in [-0.1, -0.05) is 5.73 Å². The number of carbonyl (C=O) groups excluding carboxylic acids is 2. The van der Waals surface area contributed by atoms with E-state index in [1.165, 1.54) is 0 Å². The fraction of sp³-hybridized carbons (Fsp3) is 0.286. The average molecular weight is 152 g/mol. The Morgan fingerprint density at radius 3 is 2.27 bits per heavy atom. The molecule has 0 spiro atoms. The molecule has 0 aliphatic carbocycles. The highest BCUT2D eigenvalue weighted by molar-refractivity contribution is 5.98. The van der Waals surface area contributed by atoms with Gasteiger partial charge < -0.3 is 10.6 Å². The van der Waals surface area contributed by atoms with Crippen LogP contribution in [0.15, 0.2) is 17.1 Å². The van der Waals surface area contributed by atoms with E-state index in [1.54, 1.807) is 0 Å². The average Bonchev–Trinajstić information content (AvgIpc) is 2.52. The van der Waals surface area contributed by atoms with Crippen molar-refractivity contribution in [2.75, 3.05) is 13.1 Å². The number of rotatable bonds is 2. The first kappa shape index (κ1) is 7.57. The molecular formula is C7H8N2O2. The number of hydrogen-bond acceptors (Lipinski definition) is 4. The lowest BCUT2D eigenvalue weighted by atomic mass is 10.3. The first-order valence-corrected chi connectivity index (χ1v) is 3.26. The summed E-state index contributed by atoms with van der Waals surface area (Å²) in [5.74, 6) is 0.610. The Kier molecular flexibility index (Phi) is 2.47. The van der Waals surface area contributed by atoms with Crippen molar-refractivity contribution < 1.29 is 9.59 Å². The molecule has 0 aromatic heterocycles. The Balaban J connectivity index is 2.86. The molecule has 0 saturated carbocycles. The van der Waals surface area contributed by atoms with Gasteiger partial charge in [-0.25, -0.2) is 0 Å². The van der Waals surface area contributed by atoms with Crippen molar-refractivity contribution in [3.63, 3.8) is 0 Å². The first-order chi connectivity index (χ1) is 5.36. The van der Waals surface area contributed by atoms with Gasteiger partial charge in [0.05, 0.1) is 5.57 Å². The highest BCUT2D eigenvalue weighted by atomic mass is 16.1. The maximum atomic E-state index is 10.1. The smallest absolute Gasteiger partial charge is 0.161 e. The van der Waals surface area contributed by atoms with Crippen molar-refractivity contribution in [3.05, 3.63) is 17.1 Å². The summed E-state index contributed by atoms with van der Waals surface area (Å²) in [6.07, 6.45) is 0.948. The third-order valence-corrected chi connectivity index (χ3v) is 1.25. The van der Waals surface area contributed by atoms with Crippen LogP contribution in [0.1, 0.15) is 0 Å². The molecule has 0 aromatic carbocycles. The number of allylic oxidation sites excluding steroid dienone is 1. The zero-order chi connectivity index (χ0) is 8.10. The lowest BCUT2D eigenvalue weighted by Crippen LogP contribution is -2.08. The van der Waals surface area contributed by atoms with E-state index in [-0.39, 0.29) is 5.57 Å². The summed E-state index contributed by atoms with van der Waals surface area (Å²) in [6.45, 7) is 1.60. The summed E-state index contributed by atoms with van der Waals surface area (Å²) in [5, 5.41) is 5.82. The molecule has 1 fully saturated rings. The monoisotopic (exact) mass is 152 g/mol. The summed E-state index contributed by atoms with van der Waals surface area (Å²) < 4.78 is 0. The molecule has 1 aliphatic heterocycles. The fourth-order valence-corrected chi connectivity index (χ4v) is 0.757. The van der Waals surface area contributed by atoms with Crippen LogP contribution < -0.4 is 10.6 Å². The molecule has 0 aromatic rings. The standard InChI is InChI=1S/C7H8N2O2/c10-4-6(5-11)3-7-8-1-2-9-7/h4-5,8-9H,1-2H2. The predicted octanol–water partition coefficient (Wildman–Crippen LogP) is -1.06. The molecule has 11 heavy (non-hydrogen) atoms. The van der Waals surface area contributed by atoms with Crippen LogP contribution >= 0.6 is 0 Å². The Bertz CT molecular complexity index is 221. The number of carbonyl (C=O) groups is 2. The molecule has 0 bridgehead atoms. The molecule has 1 aliphatic rings. The largest absolute Gasteiger partial charge is 0.364 e. The molecule has 0 unspecified atom stereocenters. The molecule has 1 rings (SSSR count). The third kappa shape index (κ3) is 1.95. The second-order valence-electron chi connectivity index (χ2n) is 2.04. The van der Waals surface area contributed by atoms with Gasteiger partial charge in [0, 0.05) is 13.1 Å². The molecule has 4 heteroatoms. The van der Waals surface area contributed by atoms with Crippen molar-refractivity contribution >= 4 is 12.6 Å². The van der Waals surface area contributed by atoms with Crippen molar-refractivity contribution in [1.29, 1.82) is 0 Å². The van der Waals surface area contributed by atoms with E-state index >= 15 is 0 Å². The van der Waals surface area contributed by atoms with Crippen LogP contribution in [0.2, 0.25) is 0 Å². The van der Waals surface area contributed by atoms with Crippen LogP contribution in [0.25, 0.3) is 0 Å². The summed E-state index contributed by atoms with van der Waals surface area (Å²) in [4.78, 5) is 20.2. The van der Waals surface area contributed by atoms with Crippen LogP contribution in [0.4, 0.5) is 0 Å². The normalized spacial score (nSPS) is 14.4. The quantitative estimate of drug-likeness (QED) is 0.174. The molecule has 58 valence electrons. The molecule has 4 nitrogen and oxygen atoms in total. The Labute approximate surface area is 64.0 Å². The molecule has 0 radical (unpaired) electrons. The Morgan fingerprint density at radius 2 is 1.82 bits per heavy atom. The minimum Gasteiger partial charge on any atom is -0.364 e. The maximum absolute atomic E-state index is 10.1. The fourth-order valence-electron chi connectivity index (χ4n) is 0.757. The lowest BCUT2D eigenvalue weighted by molar-refractivity contribution is -0.109. The van der Waals surface area contributed by atoms with Crippen LogP contribution in [0.5, 0.6) is 0 Å². The second kappa shape index (κ2) is 3.58. The highest BCUT2D eigenvalue weighted by Crippen LogP contribution is 1.88. The van der Waals surface area contributed by atoms with Gasteiger partial charge in [0.1, 0.15) is 5.82 Å². The van der Waals surface area contributed by atoms with E-state index in [2.05, 4.69) is 16.4 Å². The van der Waals surface area contributed by atoms with Gasteiger partial charge in [-0.3, -0.25) is 9.59 Å².